The summed E-state index contributed by atoms with van der Waals surface area (Å²) in [7, 11) is 1.63. The van der Waals surface area contributed by atoms with Gasteiger partial charge in [-0.1, -0.05) is 6.07 Å². The van der Waals surface area contributed by atoms with Crippen molar-refractivity contribution in [2.45, 2.75) is 20.3 Å². The number of nitrogens with two attached hydrogens (primary N) is 1. The Kier molecular flexibility index (Phi) is 4.93. The molecular weight excluding hydrogens is 286 g/mol. The second-order valence-electron chi connectivity index (χ2n) is 4.71. The highest BCUT2D eigenvalue weighted by molar-refractivity contribution is 7.09. The summed E-state index contributed by atoms with van der Waals surface area (Å²) in [6.45, 7) is 4.42. The lowest BCUT2D eigenvalue weighted by molar-refractivity contribution is 0.102. The van der Waals surface area contributed by atoms with Gasteiger partial charge in [0.25, 0.3) is 5.91 Å². The van der Waals surface area contributed by atoms with Crippen LogP contribution in [0.1, 0.15) is 26.6 Å². The van der Waals surface area contributed by atoms with E-state index in [-0.39, 0.29) is 5.91 Å². The van der Waals surface area contributed by atoms with Crippen molar-refractivity contribution in [3.05, 3.63) is 39.3 Å². The van der Waals surface area contributed by atoms with Crippen molar-refractivity contribution in [3.63, 3.8) is 0 Å². The van der Waals surface area contributed by atoms with Crippen LogP contribution in [0.15, 0.2) is 17.5 Å². The van der Waals surface area contributed by atoms with Crippen molar-refractivity contribution in [2.75, 3.05) is 19.0 Å². The van der Waals surface area contributed by atoms with Crippen LogP contribution in [0, 0.1) is 13.8 Å². The van der Waals surface area contributed by atoms with Crippen LogP contribution in [0.4, 0.5) is 5.69 Å². The number of nitrogens with one attached hydrogen (secondary N) is 1. The van der Waals surface area contributed by atoms with Crippen LogP contribution in [0.3, 0.4) is 0 Å². The largest absolute Gasteiger partial charge is 0.496 e. The molecule has 1 aromatic heterocycles. The number of thiazole rings is 1. The fraction of sp³-hybridized carbons (Fsp3) is 0.333. The van der Waals surface area contributed by atoms with E-state index < -0.39 is 0 Å². The van der Waals surface area contributed by atoms with Gasteiger partial charge in [-0.25, -0.2) is 4.98 Å². The molecule has 0 atom stereocenters. The van der Waals surface area contributed by atoms with Crippen molar-refractivity contribution in [1.82, 2.24) is 4.98 Å². The zero-order valence-electron chi connectivity index (χ0n) is 12.4. The Morgan fingerprint density at radius 3 is 2.86 bits per heavy atom. The molecule has 1 heterocycles. The maximum Gasteiger partial charge on any atom is 0.275 e. The van der Waals surface area contributed by atoms with Gasteiger partial charge in [-0.2, -0.15) is 0 Å². The molecule has 1 amide bonds. The first-order chi connectivity index (χ1) is 10.1. The molecule has 21 heavy (non-hydrogen) atoms. The number of benzene rings is 1. The second kappa shape index (κ2) is 6.69. The zero-order valence-corrected chi connectivity index (χ0v) is 13.2. The van der Waals surface area contributed by atoms with Gasteiger partial charge in [0.1, 0.15) is 11.4 Å². The van der Waals surface area contributed by atoms with Gasteiger partial charge in [0, 0.05) is 23.1 Å². The van der Waals surface area contributed by atoms with Crippen LogP contribution < -0.4 is 15.8 Å². The molecule has 2 rings (SSSR count). The van der Waals surface area contributed by atoms with E-state index in [9.17, 15) is 4.79 Å². The lowest BCUT2D eigenvalue weighted by Gasteiger charge is -2.13. The van der Waals surface area contributed by atoms with E-state index in [0.717, 1.165) is 27.6 Å². The molecule has 0 saturated carbocycles. The molecule has 0 aliphatic heterocycles. The number of ether oxygens (including phenoxy) is 1. The molecule has 0 bridgehead atoms. The number of hydrogen-bond acceptors (Lipinski definition) is 5. The Morgan fingerprint density at radius 2 is 2.19 bits per heavy atom. The van der Waals surface area contributed by atoms with E-state index in [1.165, 1.54) is 11.3 Å². The fourth-order valence-corrected chi connectivity index (χ4v) is 2.91. The Balaban J connectivity index is 2.19. The van der Waals surface area contributed by atoms with Crippen LogP contribution in [-0.2, 0) is 6.42 Å². The van der Waals surface area contributed by atoms with Gasteiger partial charge >= 0.3 is 0 Å². The van der Waals surface area contributed by atoms with Crippen molar-refractivity contribution < 1.29 is 9.53 Å². The quantitative estimate of drug-likeness (QED) is 0.890. The van der Waals surface area contributed by atoms with Crippen LogP contribution in [0.2, 0.25) is 0 Å². The van der Waals surface area contributed by atoms with Crippen molar-refractivity contribution in [2.24, 2.45) is 5.73 Å². The summed E-state index contributed by atoms with van der Waals surface area (Å²) >= 11 is 1.45. The highest BCUT2D eigenvalue weighted by Crippen LogP contribution is 2.29. The Labute approximate surface area is 128 Å². The normalized spacial score (nSPS) is 10.5. The summed E-state index contributed by atoms with van der Waals surface area (Å²) in [5, 5.41) is 5.50. The van der Waals surface area contributed by atoms with Gasteiger partial charge in [-0.3, -0.25) is 4.79 Å². The molecular formula is C15H19N3O2S. The predicted molar refractivity (Wildman–Crippen MR) is 85.3 cm³/mol. The van der Waals surface area contributed by atoms with E-state index in [1.54, 1.807) is 12.5 Å². The summed E-state index contributed by atoms with van der Waals surface area (Å²) in [5.74, 6) is 0.568. The van der Waals surface area contributed by atoms with Gasteiger partial charge in [-0.15, -0.1) is 11.3 Å². The van der Waals surface area contributed by atoms with Gasteiger partial charge in [-0.05, 0) is 32.0 Å². The van der Waals surface area contributed by atoms with Gasteiger partial charge in [0.05, 0.1) is 12.1 Å². The second-order valence-corrected chi connectivity index (χ2v) is 5.65. The number of methoxy groups -OCH3 is 1. The fourth-order valence-electron chi connectivity index (χ4n) is 2.12. The van der Waals surface area contributed by atoms with Gasteiger partial charge < -0.3 is 15.8 Å². The smallest absolute Gasteiger partial charge is 0.275 e. The lowest BCUT2D eigenvalue weighted by Crippen LogP contribution is -2.14. The monoisotopic (exact) mass is 305 g/mol. The van der Waals surface area contributed by atoms with Crippen molar-refractivity contribution >= 4 is 22.9 Å². The third-order valence-electron chi connectivity index (χ3n) is 3.20. The first kappa shape index (κ1) is 15.5. The van der Waals surface area contributed by atoms with Crippen LogP contribution in [0.25, 0.3) is 0 Å². The predicted octanol–water partition coefficient (Wildman–Crippen LogP) is 2.52. The number of aromatic nitrogens is 1. The summed E-state index contributed by atoms with van der Waals surface area (Å²) < 4.78 is 5.36. The number of rotatable bonds is 5. The van der Waals surface area contributed by atoms with Crippen molar-refractivity contribution in [1.29, 1.82) is 0 Å². The molecule has 0 aliphatic carbocycles. The van der Waals surface area contributed by atoms with E-state index in [0.29, 0.717) is 18.7 Å². The standard InChI is InChI=1S/C15H19N3O2S/c1-9-4-5-11(10(2)14(9)20-3)18-15(19)12-8-21-13(17-12)6-7-16/h4-5,8H,6-7,16H2,1-3H3,(H,18,19). The number of aryl methyl sites for hydroxylation is 1. The molecule has 3 N–H and O–H groups in total. The summed E-state index contributed by atoms with van der Waals surface area (Å²) in [6, 6.07) is 3.79. The molecule has 2 aromatic rings. The van der Waals surface area contributed by atoms with Crippen LogP contribution >= 0.6 is 11.3 Å². The minimum Gasteiger partial charge on any atom is -0.496 e. The number of carbonyl (C=O) groups excluding carboxylic acids is 1. The molecule has 5 nitrogen and oxygen atoms in total. The molecule has 0 saturated heterocycles. The van der Waals surface area contributed by atoms with E-state index in [1.807, 2.05) is 26.0 Å². The lowest BCUT2D eigenvalue weighted by atomic mass is 10.1. The number of carbonyl (C=O) groups is 1. The minimum absolute atomic E-state index is 0.219. The van der Waals surface area contributed by atoms with Crippen LogP contribution in [0.5, 0.6) is 5.75 Å². The Hall–Kier alpha value is -1.92. The minimum atomic E-state index is -0.219. The topological polar surface area (TPSA) is 77.2 Å². The molecule has 0 unspecified atom stereocenters. The van der Waals surface area contributed by atoms with Gasteiger partial charge in [0.15, 0.2) is 0 Å². The first-order valence-corrected chi connectivity index (χ1v) is 7.54. The average molecular weight is 305 g/mol. The molecule has 0 aliphatic rings. The molecule has 0 spiro atoms. The zero-order chi connectivity index (χ0) is 15.4. The summed E-state index contributed by atoms with van der Waals surface area (Å²) in [6.07, 6.45) is 0.690. The number of nitrogens with zero attached hydrogens (tertiary/aromatic N) is 1. The summed E-state index contributed by atoms with van der Waals surface area (Å²) in [5.41, 5.74) is 8.58. The third kappa shape index (κ3) is 3.40. The summed E-state index contributed by atoms with van der Waals surface area (Å²) in [4.78, 5) is 16.5. The number of anilines is 1. The van der Waals surface area contributed by atoms with Crippen molar-refractivity contribution in [3.8, 4) is 5.75 Å². The maximum atomic E-state index is 12.2. The highest BCUT2D eigenvalue weighted by atomic mass is 32.1. The third-order valence-corrected chi connectivity index (χ3v) is 4.11. The highest BCUT2D eigenvalue weighted by Gasteiger charge is 2.14. The number of hydrogen-bond donors (Lipinski definition) is 2. The molecule has 0 fully saturated rings. The first-order valence-electron chi connectivity index (χ1n) is 6.66. The Morgan fingerprint density at radius 1 is 1.43 bits per heavy atom. The van der Waals surface area contributed by atoms with Gasteiger partial charge in [0.2, 0.25) is 0 Å². The average Bonchev–Trinajstić information content (AvgIpc) is 2.92. The molecule has 112 valence electrons. The number of amides is 1. The van der Waals surface area contributed by atoms with E-state index in [2.05, 4.69) is 10.3 Å². The molecule has 1 aromatic carbocycles. The van der Waals surface area contributed by atoms with Crippen LogP contribution in [-0.4, -0.2) is 24.5 Å². The SMILES string of the molecule is COc1c(C)ccc(NC(=O)c2csc(CCN)n2)c1C. The maximum absolute atomic E-state index is 12.2. The molecule has 6 heteroatoms. The van der Waals surface area contributed by atoms with E-state index in [4.69, 9.17) is 10.5 Å². The molecule has 0 radical (unpaired) electrons. The van der Waals surface area contributed by atoms with E-state index >= 15 is 0 Å². The Bertz CT molecular complexity index is 652.